The third-order valence-electron chi connectivity index (χ3n) is 6.29. The number of carbonyl (C=O) groups is 1. The SMILES string of the molecule is COc1cc([C@@H]2c3c(oc4ccc(F)cc4c3=O)C(=O)N2Cc2ccco2)ccc1OCCC(C)C. The fourth-order valence-electron chi connectivity index (χ4n) is 4.45. The van der Waals surface area contributed by atoms with Gasteiger partial charge < -0.3 is 23.2 Å². The van der Waals surface area contributed by atoms with Crippen molar-refractivity contribution < 1.29 is 27.5 Å². The molecule has 2 aromatic carbocycles. The van der Waals surface area contributed by atoms with Crippen LogP contribution in [0.25, 0.3) is 11.0 Å². The van der Waals surface area contributed by atoms with E-state index in [4.69, 9.17) is 18.3 Å². The number of amides is 1. The normalized spacial score (nSPS) is 15.1. The van der Waals surface area contributed by atoms with Crippen LogP contribution in [0, 0.1) is 11.7 Å². The quantitative estimate of drug-likeness (QED) is 0.314. The maximum Gasteiger partial charge on any atom is 0.291 e. The van der Waals surface area contributed by atoms with Crippen LogP contribution in [0.4, 0.5) is 4.39 Å². The summed E-state index contributed by atoms with van der Waals surface area (Å²) in [6.07, 6.45) is 2.40. The van der Waals surface area contributed by atoms with E-state index in [2.05, 4.69) is 13.8 Å². The molecule has 0 spiro atoms. The summed E-state index contributed by atoms with van der Waals surface area (Å²) >= 11 is 0. The molecule has 0 aliphatic carbocycles. The lowest BCUT2D eigenvalue weighted by atomic mass is 9.98. The molecule has 0 radical (unpaired) electrons. The molecule has 0 saturated heterocycles. The van der Waals surface area contributed by atoms with Gasteiger partial charge in [0.2, 0.25) is 5.76 Å². The summed E-state index contributed by atoms with van der Waals surface area (Å²) < 4.78 is 36.8. The second kappa shape index (κ2) is 9.53. The molecule has 36 heavy (non-hydrogen) atoms. The molecule has 2 aromatic heterocycles. The Labute approximate surface area is 207 Å². The summed E-state index contributed by atoms with van der Waals surface area (Å²) in [5, 5.41) is 0.0759. The maximum atomic E-state index is 14.0. The van der Waals surface area contributed by atoms with Gasteiger partial charge in [0.05, 0.1) is 43.5 Å². The number of rotatable bonds is 8. The van der Waals surface area contributed by atoms with Crippen LogP contribution in [0.5, 0.6) is 11.5 Å². The molecule has 0 unspecified atom stereocenters. The fraction of sp³-hybridized carbons (Fsp3) is 0.286. The fourth-order valence-corrected chi connectivity index (χ4v) is 4.45. The zero-order chi connectivity index (χ0) is 25.4. The second-order valence-electron chi connectivity index (χ2n) is 9.17. The Bertz CT molecular complexity index is 1470. The Morgan fingerprint density at radius 2 is 1.92 bits per heavy atom. The van der Waals surface area contributed by atoms with Gasteiger partial charge in [-0.25, -0.2) is 4.39 Å². The average molecular weight is 492 g/mol. The van der Waals surface area contributed by atoms with Crippen molar-refractivity contribution in [3.63, 3.8) is 0 Å². The molecular formula is C28H26FNO6. The maximum absolute atomic E-state index is 14.0. The van der Waals surface area contributed by atoms with Crippen LogP contribution in [0.2, 0.25) is 0 Å². The van der Waals surface area contributed by atoms with Crippen LogP contribution in [0.15, 0.2) is 68.4 Å². The van der Waals surface area contributed by atoms with Crippen molar-refractivity contribution >= 4 is 16.9 Å². The summed E-state index contributed by atoms with van der Waals surface area (Å²) in [7, 11) is 1.54. The molecule has 4 aromatic rings. The molecule has 1 amide bonds. The molecule has 1 aliphatic rings. The monoisotopic (exact) mass is 491 g/mol. The number of hydrogen-bond donors (Lipinski definition) is 0. The van der Waals surface area contributed by atoms with Gasteiger partial charge >= 0.3 is 0 Å². The van der Waals surface area contributed by atoms with Crippen molar-refractivity contribution in [1.29, 1.82) is 0 Å². The predicted octanol–water partition coefficient (Wildman–Crippen LogP) is 5.70. The van der Waals surface area contributed by atoms with Gasteiger partial charge in [-0.1, -0.05) is 19.9 Å². The number of hydrogen-bond acceptors (Lipinski definition) is 6. The Morgan fingerprint density at radius 3 is 2.64 bits per heavy atom. The highest BCUT2D eigenvalue weighted by Gasteiger charge is 2.43. The molecule has 8 heteroatoms. The third-order valence-corrected chi connectivity index (χ3v) is 6.29. The van der Waals surface area contributed by atoms with Crippen molar-refractivity contribution in [3.05, 3.63) is 93.5 Å². The molecule has 3 heterocycles. The van der Waals surface area contributed by atoms with Crippen LogP contribution >= 0.6 is 0 Å². The van der Waals surface area contributed by atoms with Gasteiger partial charge in [-0.05, 0) is 60.4 Å². The van der Waals surface area contributed by atoms with E-state index in [1.807, 2.05) is 0 Å². The van der Waals surface area contributed by atoms with Crippen molar-refractivity contribution in [3.8, 4) is 11.5 Å². The minimum Gasteiger partial charge on any atom is -0.493 e. The van der Waals surface area contributed by atoms with Crippen molar-refractivity contribution in [2.75, 3.05) is 13.7 Å². The lowest BCUT2D eigenvalue weighted by molar-refractivity contribution is 0.0701. The number of fused-ring (bicyclic) bond motifs is 2. The van der Waals surface area contributed by atoms with E-state index in [1.165, 1.54) is 30.4 Å². The molecule has 7 nitrogen and oxygen atoms in total. The van der Waals surface area contributed by atoms with Gasteiger partial charge in [0.25, 0.3) is 5.91 Å². The first-order valence-electron chi connectivity index (χ1n) is 11.8. The molecule has 0 bridgehead atoms. The first-order valence-corrected chi connectivity index (χ1v) is 11.8. The largest absolute Gasteiger partial charge is 0.493 e. The first kappa shape index (κ1) is 23.7. The first-order chi connectivity index (χ1) is 17.4. The smallest absolute Gasteiger partial charge is 0.291 e. The summed E-state index contributed by atoms with van der Waals surface area (Å²) in [6.45, 7) is 4.88. The van der Waals surface area contributed by atoms with E-state index < -0.39 is 23.2 Å². The Morgan fingerprint density at radius 1 is 1.08 bits per heavy atom. The van der Waals surface area contributed by atoms with E-state index >= 15 is 0 Å². The Balaban J connectivity index is 1.63. The number of carbonyl (C=O) groups excluding carboxylic acids is 1. The molecule has 1 aliphatic heterocycles. The van der Waals surface area contributed by atoms with Crippen LogP contribution < -0.4 is 14.9 Å². The number of furan rings is 1. The number of ether oxygens (including phenoxy) is 2. The lowest BCUT2D eigenvalue weighted by Gasteiger charge is -2.25. The number of nitrogens with zero attached hydrogens (tertiary/aromatic N) is 1. The van der Waals surface area contributed by atoms with Crippen LogP contribution in [0.3, 0.4) is 0 Å². The lowest BCUT2D eigenvalue weighted by Crippen LogP contribution is -2.29. The minimum absolute atomic E-state index is 0.0631. The van der Waals surface area contributed by atoms with E-state index in [-0.39, 0.29) is 28.8 Å². The summed E-state index contributed by atoms with van der Waals surface area (Å²) in [4.78, 5) is 28.6. The molecular weight excluding hydrogens is 465 g/mol. The zero-order valence-corrected chi connectivity index (χ0v) is 20.2. The van der Waals surface area contributed by atoms with Crippen LogP contribution in [-0.2, 0) is 6.54 Å². The molecule has 0 N–H and O–H groups in total. The van der Waals surface area contributed by atoms with Gasteiger partial charge in [0.1, 0.15) is 17.2 Å². The number of methoxy groups -OCH3 is 1. The van der Waals surface area contributed by atoms with Crippen LogP contribution in [-0.4, -0.2) is 24.5 Å². The number of halogens is 1. The summed E-state index contributed by atoms with van der Waals surface area (Å²) in [5.41, 5.74) is 0.478. The highest BCUT2D eigenvalue weighted by atomic mass is 19.1. The van der Waals surface area contributed by atoms with E-state index in [0.29, 0.717) is 35.3 Å². The van der Waals surface area contributed by atoms with Crippen LogP contribution in [0.1, 0.15) is 53.8 Å². The highest BCUT2D eigenvalue weighted by molar-refractivity contribution is 5.99. The number of benzene rings is 2. The van der Waals surface area contributed by atoms with E-state index in [9.17, 15) is 14.0 Å². The van der Waals surface area contributed by atoms with Crippen molar-refractivity contribution in [1.82, 2.24) is 4.90 Å². The van der Waals surface area contributed by atoms with Gasteiger partial charge in [-0.3, -0.25) is 9.59 Å². The summed E-state index contributed by atoms with van der Waals surface area (Å²) in [5.74, 6) is 1.00. The molecule has 0 fully saturated rings. The molecule has 1 atom stereocenters. The topological polar surface area (TPSA) is 82.1 Å². The average Bonchev–Trinajstić information content (AvgIpc) is 3.47. The Hall–Kier alpha value is -4.07. The highest BCUT2D eigenvalue weighted by Crippen LogP contribution is 2.41. The molecule has 5 rings (SSSR count). The van der Waals surface area contributed by atoms with Gasteiger partial charge in [0.15, 0.2) is 16.9 Å². The molecule has 186 valence electrons. The zero-order valence-electron chi connectivity index (χ0n) is 20.2. The second-order valence-corrected chi connectivity index (χ2v) is 9.17. The molecule has 0 saturated carbocycles. The summed E-state index contributed by atoms with van der Waals surface area (Å²) in [6, 6.07) is 11.7. The van der Waals surface area contributed by atoms with Gasteiger partial charge in [-0.15, -0.1) is 0 Å². The minimum atomic E-state index is -0.792. The van der Waals surface area contributed by atoms with Crippen molar-refractivity contribution in [2.24, 2.45) is 5.92 Å². The standard InChI is InChI=1S/C28H26FNO6/c1-16(2)10-12-35-22-8-6-17(13-23(22)33-3)25-24-26(31)20-14-18(29)7-9-21(20)36-27(24)28(32)30(25)15-19-5-4-11-34-19/h4-9,11,13-14,16,25H,10,12,15H2,1-3H3/t25-/m1/s1. The third kappa shape index (κ3) is 4.23. The van der Waals surface area contributed by atoms with Crippen molar-refractivity contribution in [2.45, 2.75) is 32.9 Å². The Kier molecular flexibility index (Phi) is 6.26. The van der Waals surface area contributed by atoms with E-state index in [1.54, 1.807) is 30.3 Å². The van der Waals surface area contributed by atoms with Gasteiger partial charge in [-0.2, -0.15) is 0 Å². The van der Waals surface area contributed by atoms with E-state index in [0.717, 1.165) is 12.5 Å². The predicted molar refractivity (Wildman–Crippen MR) is 131 cm³/mol. The van der Waals surface area contributed by atoms with Gasteiger partial charge in [0, 0.05) is 0 Å².